The molecule has 9 nitrogen and oxygen atoms in total. The van der Waals surface area contributed by atoms with Crippen LogP contribution in [0, 0.1) is 20.2 Å². The van der Waals surface area contributed by atoms with Crippen LogP contribution in [-0.4, -0.2) is 22.7 Å². The zero-order chi connectivity index (χ0) is 17.5. The highest BCUT2D eigenvalue weighted by Crippen LogP contribution is 2.27. The van der Waals surface area contributed by atoms with Crippen LogP contribution >= 0.6 is 0 Å². The second-order valence-electron chi connectivity index (χ2n) is 4.59. The van der Waals surface area contributed by atoms with Crippen LogP contribution in [0.25, 0.3) is 0 Å². The summed E-state index contributed by atoms with van der Waals surface area (Å²) in [5.41, 5.74) is 3.34. The highest BCUT2D eigenvalue weighted by Gasteiger charge is 2.15. The lowest BCUT2D eigenvalue weighted by Crippen LogP contribution is -1.99. The summed E-state index contributed by atoms with van der Waals surface area (Å²) in [7, 11) is 0. The molecule has 0 fully saturated rings. The Morgan fingerprint density at radius 2 is 1.96 bits per heavy atom. The molecule has 0 bridgehead atoms. The standard InChI is InChI=1S/C15H14N4O5/c1-2-24-15-7-6-11(8-14(15)19(22)23)10-16-17-12-4-3-5-13(9-12)18(20)21/h3-10,17H,2H2,1H3. The van der Waals surface area contributed by atoms with Crippen LogP contribution in [0.4, 0.5) is 17.1 Å². The molecule has 2 aromatic rings. The van der Waals surface area contributed by atoms with Crippen molar-refractivity contribution < 1.29 is 14.6 Å². The predicted molar refractivity (Wildman–Crippen MR) is 88.6 cm³/mol. The smallest absolute Gasteiger partial charge is 0.311 e. The molecule has 0 aromatic heterocycles. The molecule has 0 heterocycles. The van der Waals surface area contributed by atoms with Gasteiger partial charge in [0.25, 0.3) is 5.69 Å². The van der Waals surface area contributed by atoms with Gasteiger partial charge in [-0.25, -0.2) is 0 Å². The van der Waals surface area contributed by atoms with Crippen molar-refractivity contribution in [1.82, 2.24) is 0 Å². The number of nitrogens with one attached hydrogen (secondary N) is 1. The number of anilines is 1. The van der Waals surface area contributed by atoms with Crippen LogP contribution in [0.1, 0.15) is 12.5 Å². The third kappa shape index (κ3) is 4.26. The molecule has 0 aliphatic heterocycles. The maximum Gasteiger partial charge on any atom is 0.311 e. The summed E-state index contributed by atoms with van der Waals surface area (Å²) in [6, 6.07) is 10.3. The predicted octanol–water partition coefficient (Wildman–Crippen LogP) is 3.35. The lowest BCUT2D eigenvalue weighted by atomic mass is 10.2. The first kappa shape index (κ1) is 16.9. The molecule has 0 saturated carbocycles. The topological polar surface area (TPSA) is 120 Å². The third-order valence-corrected chi connectivity index (χ3v) is 2.94. The highest BCUT2D eigenvalue weighted by molar-refractivity contribution is 5.82. The summed E-state index contributed by atoms with van der Waals surface area (Å²) >= 11 is 0. The molecule has 24 heavy (non-hydrogen) atoms. The van der Waals surface area contributed by atoms with E-state index in [1.54, 1.807) is 19.1 Å². The van der Waals surface area contributed by atoms with E-state index in [1.165, 1.54) is 36.5 Å². The van der Waals surface area contributed by atoms with Crippen LogP contribution in [-0.2, 0) is 0 Å². The summed E-state index contributed by atoms with van der Waals surface area (Å²) in [6.45, 7) is 2.06. The first-order valence-corrected chi connectivity index (χ1v) is 6.96. The average Bonchev–Trinajstić information content (AvgIpc) is 2.56. The fourth-order valence-electron chi connectivity index (χ4n) is 1.91. The zero-order valence-electron chi connectivity index (χ0n) is 12.7. The van der Waals surface area contributed by atoms with Gasteiger partial charge in [0.2, 0.25) is 0 Å². The Kier molecular flexibility index (Phi) is 5.40. The van der Waals surface area contributed by atoms with E-state index < -0.39 is 9.85 Å². The minimum atomic E-state index is -0.531. The van der Waals surface area contributed by atoms with Crippen molar-refractivity contribution in [2.45, 2.75) is 6.92 Å². The normalized spacial score (nSPS) is 10.5. The van der Waals surface area contributed by atoms with Crippen molar-refractivity contribution in [2.24, 2.45) is 5.10 Å². The van der Waals surface area contributed by atoms with Gasteiger partial charge in [-0.2, -0.15) is 5.10 Å². The summed E-state index contributed by atoms with van der Waals surface area (Å²) in [4.78, 5) is 20.7. The van der Waals surface area contributed by atoms with Gasteiger partial charge in [0.05, 0.1) is 28.4 Å². The summed E-state index contributed by atoms with van der Waals surface area (Å²) in [5.74, 6) is 0.186. The number of non-ortho nitro benzene ring substituents is 1. The molecule has 0 saturated heterocycles. The molecule has 0 aliphatic rings. The SMILES string of the molecule is CCOc1ccc(C=NNc2cccc([N+](=O)[O-])c2)cc1[N+](=O)[O-]. The molecule has 9 heteroatoms. The Balaban J connectivity index is 2.14. The van der Waals surface area contributed by atoms with Gasteiger partial charge in [-0.05, 0) is 25.1 Å². The molecular formula is C15H14N4O5. The first-order chi connectivity index (χ1) is 11.5. The van der Waals surface area contributed by atoms with Gasteiger partial charge in [0.1, 0.15) is 0 Å². The van der Waals surface area contributed by atoms with E-state index in [0.717, 1.165) is 0 Å². The number of benzene rings is 2. The monoisotopic (exact) mass is 330 g/mol. The Morgan fingerprint density at radius 1 is 1.17 bits per heavy atom. The Hall–Kier alpha value is -3.49. The molecule has 1 N–H and O–H groups in total. The van der Waals surface area contributed by atoms with Crippen molar-refractivity contribution in [3.05, 3.63) is 68.3 Å². The Labute approximate surface area is 136 Å². The second-order valence-corrected chi connectivity index (χ2v) is 4.59. The maximum absolute atomic E-state index is 11.0. The second kappa shape index (κ2) is 7.68. The quantitative estimate of drug-likeness (QED) is 0.472. The van der Waals surface area contributed by atoms with Crippen molar-refractivity contribution in [3.8, 4) is 5.75 Å². The number of nitro benzene ring substituents is 2. The van der Waals surface area contributed by atoms with E-state index in [0.29, 0.717) is 17.9 Å². The van der Waals surface area contributed by atoms with Gasteiger partial charge in [0, 0.05) is 23.8 Å². The van der Waals surface area contributed by atoms with Crippen LogP contribution < -0.4 is 10.2 Å². The highest BCUT2D eigenvalue weighted by atomic mass is 16.6. The molecule has 0 radical (unpaired) electrons. The van der Waals surface area contributed by atoms with Gasteiger partial charge < -0.3 is 4.74 Å². The summed E-state index contributed by atoms with van der Waals surface area (Å²) < 4.78 is 5.20. The number of hydrogen-bond acceptors (Lipinski definition) is 7. The minimum absolute atomic E-state index is 0.0631. The van der Waals surface area contributed by atoms with Crippen LogP contribution in [0.5, 0.6) is 5.75 Å². The summed E-state index contributed by atoms with van der Waals surface area (Å²) in [6.07, 6.45) is 1.38. The third-order valence-electron chi connectivity index (χ3n) is 2.94. The van der Waals surface area contributed by atoms with Crippen LogP contribution in [0.3, 0.4) is 0 Å². The van der Waals surface area contributed by atoms with Crippen molar-refractivity contribution in [3.63, 3.8) is 0 Å². The number of nitro groups is 2. The van der Waals surface area contributed by atoms with Crippen LogP contribution in [0.15, 0.2) is 47.6 Å². The zero-order valence-corrected chi connectivity index (χ0v) is 12.7. The number of nitrogens with zero attached hydrogens (tertiary/aromatic N) is 3. The lowest BCUT2D eigenvalue weighted by Gasteiger charge is -2.04. The fourth-order valence-corrected chi connectivity index (χ4v) is 1.91. The molecule has 0 amide bonds. The lowest BCUT2D eigenvalue weighted by molar-refractivity contribution is -0.385. The molecule has 0 atom stereocenters. The van der Waals surface area contributed by atoms with Gasteiger partial charge in [0.15, 0.2) is 5.75 Å². The fraction of sp³-hybridized carbons (Fsp3) is 0.133. The van der Waals surface area contributed by atoms with E-state index in [4.69, 9.17) is 4.74 Å². The van der Waals surface area contributed by atoms with Crippen molar-refractivity contribution in [1.29, 1.82) is 0 Å². The summed E-state index contributed by atoms with van der Waals surface area (Å²) in [5, 5.41) is 25.7. The van der Waals surface area contributed by atoms with Gasteiger partial charge in [-0.1, -0.05) is 6.07 Å². The molecule has 0 unspecified atom stereocenters. The van der Waals surface area contributed by atoms with Gasteiger partial charge >= 0.3 is 5.69 Å². The van der Waals surface area contributed by atoms with Crippen LogP contribution in [0.2, 0.25) is 0 Å². The molecule has 2 aromatic carbocycles. The van der Waals surface area contributed by atoms with Gasteiger partial charge in [-0.15, -0.1) is 0 Å². The van der Waals surface area contributed by atoms with Crippen molar-refractivity contribution >= 4 is 23.3 Å². The number of hydrazone groups is 1. The van der Waals surface area contributed by atoms with E-state index in [2.05, 4.69) is 10.5 Å². The molecular weight excluding hydrogens is 316 g/mol. The van der Waals surface area contributed by atoms with Gasteiger partial charge in [-0.3, -0.25) is 25.7 Å². The molecule has 0 spiro atoms. The molecule has 124 valence electrons. The first-order valence-electron chi connectivity index (χ1n) is 6.96. The Bertz CT molecular complexity index is 791. The molecule has 0 aliphatic carbocycles. The van der Waals surface area contributed by atoms with E-state index in [9.17, 15) is 20.2 Å². The Morgan fingerprint density at radius 3 is 2.62 bits per heavy atom. The maximum atomic E-state index is 11.0. The van der Waals surface area contributed by atoms with Crippen molar-refractivity contribution in [2.75, 3.05) is 12.0 Å². The molecule has 2 rings (SSSR count). The van der Waals surface area contributed by atoms with E-state index in [-0.39, 0.29) is 17.1 Å². The minimum Gasteiger partial charge on any atom is -0.487 e. The van der Waals surface area contributed by atoms with E-state index >= 15 is 0 Å². The largest absolute Gasteiger partial charge is 0.487 e. The van der Waals surface area contributed by atoms with E-state index in [1.807, 2.05) is 0 Å². The average molecular weight is 330 g/mol. The number of hydrogen-bond donors (Lipinski definition) is 1. The number of ether oxygens (including phenoxy) is 1. The number of rotatable bonds is 7.